The van der Waals surface area contributed by atoms with Crippen LogP contribution in [0.4, 0.5) is 14.9 Å². The number of hydrogen-bond acceptors (Lipinski definition) is 9. The highest BCUT2D eigenvalue weighted by Crippen LogP contribution is 2.40. The van der Waals surface area contributed by atoms with Crippen LogP contribution in [-0.4, -0.2) is 45.8 Å². The van der Waals surface area contributed by atoms with Crippen LogP contribution in [0.1, 0.15) is 18.2 Å². The van der Waals surface area contributed by atoms with Crippen LogP contribution >= 0.6 is 22.9 Å². The number of amides is 1. The lowest BCUT2D eigenvalue weighted by Crippen LogP contribution is -2.25. The van der Waals surface area contributed by atoms with Gasteiger partial charge in [0.2, 0.25) is 5.88 Å². The highest BCUT2D eigenvalue weighted by molar-refractivity contribution is 7.21. The van der Waals surface area contributed by atoms with Gasteiger partial charge in [0.1, 0.15) is 28.3 Å². The van der Waals surface area contributed by atoms with Gasteiger partial charge in [0.15, 0.2) is 11.6 Å². The molecule has 1 N–H and O–H groups in total. The second kappa shape index (κ2) is 11.0. The minimum atomic E-state index is -0.748. The molecule has 200 valence electrons. The Morgan fingerprint density at radius 1 is 1.18 bits per heavy atom. The van der Waals surface area contributed by atoms with E-state index in [0.717, 1.165) is 11.1 Å². The van der Waals surface area contributed by atoms with E-state index in [-0.39, 0.29) is 17.4 Å². The van der Waals surface area contributed by atoms with E-state index in [0.29, 0.717) is 43.5 Å². The molecule has 1 amide bonds. The molecule has 0 saturated heterocycles. The first-order valence-corrected chi connectivity index (χ1v) is 13.0. The summed E-state index contributed by atoms with van der Waals surface area (Å²) in [5.41, 5.74) is 4.49. The van der Waals surface area contributed by atoms with Crippen molar-refractivity contribution in [3.8, 4) is 22.2 Å². The monoisotopic (exact) mass is 567 g/mol. The van der Waals surface area contributed by atoms with Gasteiger partial charge in [0.05, 0.1) is 40.4 Å². The molecule has 5 aromatic rings. The molecule has 0 spiro atoms. The van der Waals surface area contributed by atoms with Crippen molar-refractivity contribution >= 4 is 56.0 Å². The van der Waals surface area contributed by atoms with Gasteiger partial charge in [0.25, 0.3) is 0 Å². The zero-order valence-corrected chi connectivity index (χ0v) is 23.0. The number of pyridine rings is 1. The van der Waals surface area contributed by atoms with Gasteiger partial charge < -0.3 is 14.2 Å². The molecule has 0 fully saturated rings. The normalized spacial score (nSPS) is 11.9. The van der Waals surface area contributed by atoms with Crippen LogP contribution in [0.3, 0.4) is 0 Å². The van der Waals surface area contributed by atoms with Crippen molar-refractivity contribution in [2.45, 2.75) is 26.9 Å². The fourth-order valence-corrected chi connectivity index (χ4v) is 5.21. The van der Waals surface area contributed by atoms with Crippen LogP contribution in [0, 0.1) is 19.7 Å². The molecular weight excluding hydrogens is 545 g/mol. The van der Waals surface area contributed by atoms with Gasteiger partial charge in [-0.15, -0.1) is 11.3 Å². The Morgan fingerprint density at radius 2 is 2.00 bits per heavy atom. The second-order valence-electron chi connectivity index (χ2n) is 8.75. The summed E-state index contributed by atoms with van der Waals surface area (Å²) in [4.78, 5) is 29.9. The smallest absolute Gasteiger partial charge is 0.412 e. The van der Waals surface area contributed by atoms with Gasteiger partial charge in [-0.05, 0) is 50.6 Å². The lowest BCUT2D eigenvalue weighted by molar-refractivity contribution is 0.0844. The maximum Gasteiger partial charge on any atom is 0.412 e. The van der Waals surface area contributed by atoms with Crippen molar-refractivity contribution in [2.75, 3.05) is 19.0 Å². The Bertz CT molecular complexity index is 1710. The summed E-state index contributed by atoms with van der Waals surface area (Å²) in [6.07, 6.45) is 1.81. The third-order valence-corrected chi connectivity index (χ3v) is 7.15. The molecule has 0 aliphatic carbocycles. The zero-order chi connectivity index (χ0) is 27.7. The molecular formula is C27H23ClFN5O4S. The number of carbonyl (C=O) groups excluding carboxylic acids is 1. The summed E-state index contributed by atoms with van der Waals surface area (Å²) in [6, 6.07) is 8.80. The fourth-order valence-electron chi connectivity index (χ4n) is 3.89. The Kier molecular flexibility index (Phi) is 7.45. The highest BCUT2D eigenvalue weighted by atomic mass is 35.5. The average molecular weight is 568 g/mol. The number of fused-ring (bicyclic) bond motifs is 2. The molecule has 2 aromatic carbocycles. The molecule has 0 radical (unpaired) electrons. The summed E-state index contributed by atoms with van der Waals surface area (Å²) >= 11 is 7.70. The number of aromatic nitrogens is 4. The molecule has 0 bridgehead atoms. The third-order valence-electron chi connectivity index (χ3n) is 5.77. The zero-order valence-electron chi connectivity index (χ0n) is 21.4. The van der Waals surface area contributed by atoms with Gasteiger partial charge in [-0.25, -0.2) is 24.1 Å². The first kappa shape index (κ1) is 26.5. The van der Waals surface area contributed by atoms with E-state index < -0.39 is 18.0 Å². The largest absolute Gasteiger partial charge is 0.487 e. The minimum absolute atomic E-state index is 0.0692. The van der Waals surface area contributed by atoms with E-state index in [1.54, 1.807) is 32.2 Å². The molecule has 1 atom stereocenters. The number of aryl methyl sites for hydroxylation is 2. The van der Waals surface area contributed by atoms with E-state index in [9.17, 15) is 4.79 Å². The van der Waals surface area contributed by atoms with Crippen molar-refractivity contribution in [3.05, 3.63) is 64.8 Å². The van der Waals surface area contributed by atoms with Gasteiger partial charge in [0, 0.05) is 17.8 Å². The number of nitrogens with one attached hydrogen (secondary N) is 1. The first-order chi connectivity index (χ1) is 18.7. The third kappa shape index (κ3) is 5.55. The number of methoxy groups -OCH3 is 1. The molecule has 0 unspecified atom stereocenters. The standard InChI is InChI=1S/C27H23ClFN5O4S/c1-13-8-16(24-18(9-13)32-21(36-4)11-31-24)26-34-25-20(39-26)10-19(23(29)22(25)28)37-12-14(2)38-27(35)33-17-6-5-7-30-15(17)3/h5-11,14H,12H2,1-4H3,(H,33,35)/t14-/m1/s1. The highest BCUT2D eigenvalue weighted by Gasteiger charge is 2.21. The quantitative estimate of drug-likeness (QED) is 0.230. The molecule has 0 aliphatic rings. The Morgan fingerprint density at radius 3 is 2.77 bits per heavy atom. The molecule has 0 aliphatic heterocycles. The predicted octanol–water partition coefficient (Wildman–Crippen LogP) is 6.74. The lowest BCUT2D eigenvalue weighted by atomic mass is 10.1. The van der Waals surface area contributed by atoms with E-state index in [1.807, 2.05) is 19.1 Å². The maximum atomic E-state index is 15.1. The van der Waals surface area contributed by atoms with E-state index in [2.05, 4.69) is 25.3 Å². The van der Waals surface area contributed by atoms with E-state index in [4.69, 9.17) is 25.8 Å². The Balaban J connectivity index is 1.36. The summed E-state index contributed by atoms with van der Waals surface area (Å²) < 4.78 is 31.9. The Hall–Kier alpha value is -4.09. The summed E-state index contributed by atoms with van der Waals surface area (Å²) in [7, 11) is 1.53. The van der Waals surface area contributed by atoms with Crippen molar-refractivity contribution in [3.63, 3.8) is 0 Å². The maximum absolute atomic E-state index is 15.1. The molecule has 3 heterocycles. The number of anilines is 1. The summed E-state index contributed by atoms with van der Waals surface area (Å²) in [5.74, 6) is -0.416. The second-order valence-corrected chi connectivity index (χ2v) is 10.2. The van der Waals surface area contributed by atoms with E-state index in [1.165, 1.54) is 30.7 Å². The number of carbonyl (C=O) groups is 1. The van der Waals surface area contributed by atoms with Crippen LogP contribution in [0.2, 0.25) is 5.02 Å². The molecule has 39 heavy (non-hydrogen) atoms. The molecule has 5 rings (SSSR count). The Labute approximate surface area is 232 Å². The van der Waals surface area contributed by atoms with Crippen molar-refractivity contribution in [1.82, 2.24) is 19.9 Å². The van der Waals surface area contributed by atoms with Gasteiger partial charge in [-0.2, -0.15) is 0 Å². The van der Waals surface area contributed by atoms with Gasteiger partial charge in [-0.3, -0.25) is 10.3 Å². The summed E-state index contributed by atoms with van der Waals surface area (Å²) in [5, 5.41) is 3.08. The van der Waals surface area contributed by atoms with Gasteiger partial charge in [-0.1, -0.05) is 11.6 Å². The lowest BCUT2D eigenvalue weighted by Gasteiger charge is -2.16. The minimum Gasteiger partial charge on any atom is -0.487 e. The van der Waals surface area contributed by atoms with Gasteiger partial charge >= 0.3 is 6.09 Å². The van der Waals surface area contributed by atoms with Crippen LogP contribution < -0.4 is 14.8 Å². The number of rotatable bonds is 7. The predicted molar refractivity (Wildman–Crippen MR) is 148 cm³/mol. The number of nitrogens with zero attached hydrogens (tertiary/aromatic N) is 4. The van der Waals surface area contributed by atoms with Crippen LogP contribution in [0.25, 0.3) is 31.8 Å². The number of halogens is 2. The number of benzene rings is 2. The average Bonchev–Trinajstić information content (AvgIpc) is 3.34. The van der Waals surface area contributed by atoms with Crippen LogP contribution in [0.5, 0.6) is 11.6 Å². The van der Waals surface area contributed by atoms with Crippen molar-refractivity contribution in [1.29, 1.82) is 0 Å². The van der Waals surface area contributed by atoms with Crippen LogP contribution in [-0.2, 0) is 4.74 Å². The van der Waals surface area contributed by atoms with Crippen molar-refractivity contribution in [2.24, 2.45) is 0 Å². The molecule has 0 saturated carbocycles. The van der Waals surface area contributed by atoms with Crippen LogP contribution in [0.15, 0.2) is 42.7 Å². The molecule has 12 heteroatoms. The SMILES string of the molecule is COc1cnc2c(-c3nc4c(Cl)c(F)c(OC[C@@H](C)OC(=O)Nc5cccnc5C)cc4s3)cc(C)cc2n1. The van der Waals surface area contributed by atoms with E-state index >= 15 is 4.39 Å². The molecule has 3 aromatic heterocycles. The number of hydrogen-bond donors (Lipinski definition) is 1. The number of ether oxygens (including phenoxy) is 3. The summed E-state index contributed by atoms with van der Waals surface area (Å²) in [6.45, 7) is 5.25. The molecule has 9 nitrogen and oxygen atoms in total. The topological polar surface area (TPSA) is 108 Å². The first-order valence-electron chi connectivity index (χ1n) is 11.9. The van der Waals surface area contributed by atoms with Crippen molar-refractivity contribution < 1.29 is 23.4 Å². The number of thiazole rings is 1. The fraction of sp³-hybridized carbons (Fsp3) is 0.222.